The van der Waals surface area contributed by atoms with Gasteiger partial charge in [-0.15, -0.1) is 0 Å². The van der Waals surface area contributed by atoms with Crippen LogP contribution in [0.4, 0.5) is 0 Å². The van der Waals surface area contributed by atoms with Crippen molar-refractivity contribution < 1.29 is 4.79 Å². The molecular formula is C15H19N3O2. The van der Waals surface area contributed by atoms with E-state index in [1.54, 1.807) is 23.1 Å². The Morgan fingerprint density at radius 3 is 2.35 bits per heavy atom. The van der Waals surface area contributed by atoms with E-state index < -0.39 is 0 Å². The molecule has 0 saturated heterocycles. The Kier molecular flexibility index (Phi) is 4.50. The van der Waals surface area contributed by atoms with E-state index in [2.05, 4.69) is 10.2 Å². The van der Waals surface area contributed by atoms with E-state index in [0.717, 1.165) is 12.8 Å². The van der Waals surface area contributed by atoms with E-state index in [0.29, 0.717) is 29.6 Å². The molecule has 0 aliphatic heterocycles. The number of nitrogens with one attached hydrogen (secondary N) is 1. The third-order valence-electron chi connectivity index (χ3n) is 3.17. The molecule has 0 bridgehead atoms. The molecule has 0 spiro atoms. The maximum absolute atomic E-state index is 12.6. The number of nitrogens with zero attached hydrogens (tertiary/aromatic N) is 2. The number of rotatable bonds is 5. The van der Waals surface area contributed by atoms with Crippen LogP contribution in [0.1, 0.15) is 37.2 Å². The van der Waals surface area contributed by atoms with Crippen molar-refractivity contribution in [2.45, 2.75) is 26.7 Å². The summed E-state index contributed by atoms with van der Waals surface area (Å²) in [4.78, 5) is 26.1. The van der Waals surface area contributed by atoms with Crippen molar-refractivity contribution in [3.8, 4) is 0 Å². The Bertz CT molecular complexity index is 657. The van der Waals surface area contributed by atoms with E-state index in [1.165, 1.54) is 0 Å². The van der Waals surface area contributed by atoms with E-state index >= 15 is 0 Å². The first-order valence-corrected chi connectivity index (χ1v) is 6.95. The van der Waals surface area contributed by atoms with Crippen LogP contribution in [-0.4, -0.2) is 34.1 Å². The SMILES string of the molecule is CCCN(CCC)C(=O)c1n[nH]c(=O)c2ccccc12. The van der Waals surface area contributed by atoms with Gasteiger partial charge in [-0.2, -0.15) is 5.10 Å². The lowest BCUT2D eigenvalue weighted by atomic mass is 10.1. The molecule has 0 atom stereocenters. The number of carbonyl (C=O) groups is 1. The molecule has 5 heteroatoms. The van der Waals surface area contributed by atoms with Crippen molar-refractivity contribution in [1.82, 2.24) is 15.1 Å². The molecule has 0 saturated carbocycles. The molecule has 1 aromatic heterocycles. The Morgan fingerprint density at radius 2 is 1.75 bits per heavy atom. The summed E-state index contributed by atoms with van der Waals surface area (Å²) in [5, 5.41) is 7.48. The molecule has 106 valence electrons. The van der Waals surface area contributed by atoms with E-state index in [-0.39, 0.29) is 11.5 Å². The fraction of sp³-hybridized carbons (Fsp3) is 0.400. The summed E-state index contributed by atoms with van der Waals surface area (Å²) < 4.78 is 0. The predicted molar refractivity (Wildman–Crippen MR) is 78.8 cm³/mol. The van der Waals surface area contributed by atoms with Crippen LogP contribution >= 0.6 is 0 Å². The Hall–Kier alpha value is -2.17. The summed E-state index contributed by atoms with van der Waals surface area (Å²) >= 11 is 0. The number of aromatic amines is 1. The van der Waals surface area contributed by atoms with Gasteiger partial charge in [0.05, 0.1) is 5.39 Å². The summed E-state index contributed by atoms with van der Waals surface area (Å²) in [6, 6.07) is 7.06. The van der Waals surface area contributed by atoms with Gasteiger partial charge in [0.2, 0.25) is 0 Å². The maximum Gasteiger partial charge on any atom is 0.274 e. The minimum Gasteiger partial charge on any atom is -0.337 e. The van der Waals surface area contributed by atoms with E-state index in [9.17, 15) is 9.59 Å². The molecule has 1 amide bonds. The van der Waals surface area contributed by atoms with Crippen LogP contribution in [0.3, 0.4) is 0 Å². The van der Waals surface area contributed by atoms with Gasteiger partial charge in [-0.3, -0.25) is 9.59 Å². The van der Waals surface area contributed by atoms with Gasteiger partial charge in [-0.25, -0.2) is 5.10 Å². The first kappa shape index (κ1) is 14.2. The molecule has 2 aromatic rings. The standard InChI is InChI=1S/C15H19N3O2/c1-3-9-18(10-4-2)15(20)13-11-7-5-6-8-12(11)14(19)17-16-13/h5-8H,3-4,9-10H2,1-2H3,(H,17,19). The number of H-pyrrole nitrogens is 1. The van der Waals surface area contributed by atoms with Crippen molar-refractivity contribution >= 4 is 16.7 Å². The second-order valence-electron chi connectivity index (χ2n) is 4.74. The van der Waals surface area contributed by atoms with Gasteiger partial charge >= 0.3 is 0 Å². The zero-order valence-corrected chi connectivity index (χ0v) is 11.8. The molecule has 0 aliphatic rings. The quantitative estimate of drug-likeness (QED) is 0.908. The number of benzene rings is 1. The van der Waals surface area contributed by atoms with Crippen molar-refractivity contribution in [2.24, 2.45) is 0 Å². The third-order valence-corrected chi connectivity index (χ3v) is 3.17. The van der Waals surface area contributed by atoms with Crippen LogP contribution in [0, 0.1) is 0 Å². The molecule has 0 aliphatic carbocycles. The van der Waals surface area contributed by atoms with Crippen LogP contribution in [0.15, 0.2) is 29.1 Å². The summed E-state index contributed by atoms with van der Waals surface area (Å²) in [6.07, 6.45) is 1.79. The molecule has 1 aromatic carbocycles. The second kappa shape index (κ2) is 6.32. The zero-order valence-electron chi connectivity index (χ0n) is 11.8. The minimum atomic E-state index is -0.269. The van der Waals surface area contributed by atoms with Crippen LogP contribution in [0.5, 0.6) is 0 Å². The number of carbonyl (C=O) groups excluding carboxylic acids is 1. The predicted octanol–water partition coefficient (Wildman–Crippen LogP) is 2.19. The number of amides is 1. The number of hydrogen-bond donors (Lipinski definition) is 1. The molecule has 0 unspecified atom stereocenters. The lowest BCUT2D eigenvalue weighted by molar-refractivity contribution is 0.0750. The van der Waals surface area contributed by atoms with Gasteiger partial charge in [0.15, 0.2) is 5.69 Å². The lowest BCUT2D eigenvalue weighted by Gasteiger charge is -2.21. The topological polar surface area (TPSA) is 66.1 Å². The van der Waals surface area contributed by atoms with Crippen LogP contribution in [0.2, 0.25) is 0 Å². The smallest absolute Gasteiger partial charge is 0.274 e. The molecular weight excluding hydrogens is 254 g/mol. The van der Waals surface area contributed by atoms with Gasteiger partial charge in [-0.1, -0.05) is 32.0 Å². The van der Waals surface area contributed by atoms with Gasteiger partial charge in [0.25, 0.3) is 11.5 Å². The van der Waals surface area contributed by atoms with Crippen molar-refractivity contribution in [3.63, 3.8) is 0 Å². The molecule has 1 heterocycles. The molecule has 0 radical (unpaired) electrons. The Morgan fingerprint density at radius 1 is 1.15 bits per heavy atom. The normalized spacial score (nSPS) is 10.7. The first-order chi connectivity index (χ1) is 9.69. The highest BCUT2D eigenvalue weighted by atomic mass is 16.2. The Balaban J connectivity index is 2.49. The summed E-state index contributed by atoms with van der Waals surface area (Å²) in [7, 11) is 0. The molecule has 0 fully saturated rings. The lowest BCUT2D eigenvalue weighted by Crippen LogP contribution is -2.34. The first-order valence-electron chi connectivity index (χ1n) is 6.95. The minimum absolute atomic E-state index is 0.124. The monoisotopic (exact) mass is 273 g/mol. The average molecular weight is 273 g/mol. The third kappa shape index (κ3) is 2.71. The van der Waals surface area contributed by atoms with E-state index in [1.807, 2.05) is 19.9 Å². The number of aromatic nitrogens is 2. The fourth-order valence-electron chi connectivity index (χ4n) is 2.28. The number of fused-ring (bicyclic) bond motifs is 1. The van der Waals surface area contributed by atoms with Gasteiger partial charge < -0.3 is 4.90 Å². The van der Waals surface area contributed by atoms with Crippen LogP contribution < -0.4 is 5.56 Å². The average Bonchev–Trinajstić information content (AvgIpc) is 2.47. The second-order valence-corrected chi connectivity index (χ2v) is 4.74. The van der Waals surface area contributed by atoms with Gasteiger partial charge in [0.1, 0.15) is 0 Å². The summed E-state index contributed by atoms with van der Waals surface area (Å²) in [5.74, 6) is -0.124. The summed E-state index contributed by atoms with van der Waals surface area (Å²) in [5.41, 5.74) is 0.0526. The van der Waals surface area contributed by atoms with Crippen molar-refractivity contribution in [2.75, 3.05) is 13.1 Å². The van der Waals surface area contributed by atoms with E-state index in [4.69, 9.17) is 0 Å². The molecule has 5 nitrogen and oxygen atoms in total. The van der Waals surface area contributed by atoms with Crippen LogP contribution in [-0.2, 0) is 0 Å². The zero-order chi connectivity index (χ0) is 14.5. The van der Waals surface area contributed by atoms with Crippen molar-refractivity contribution in [1.29, 1.82) is 0 Å². The number of hydrogen-bond acceptors (Lipinski definition) is 3. The maximum atomic E-state index is 12.6. The highest BCUT2D eigenvalue weighted by Crippen LogP contribution is 2.14. The van der Waals surface area contributed by atoms with Gasteiger partial charge in [0, 0.05) is 18.5 Å². The molecule has 2 rings (SSSR count). The van der Waals surface area contributed by atoms with Gasteiger partial charge in [-0.05, 0) is 18.9 Å². The Labute approximate surface area is 117 Å². The fourth-order valence-corrected chi connectivity index (χ4v) is 2.28. The summed E-state index contributed by atoms with van der Waals surface area (Å²) in [6.45, 7) is 5.46. The molecule has 20 heavy (non-hydrogen) atoms. The van der Waals surface area contributed by atoms with Crippen molar-refractivity contribution in [3.05, 3.63) is 40.3 Å². The highest BCUT2D eigenvalue weighted by molar-refractivity contribution is 6.04. The van der Waals surface area contributed by atoms with Crippen LogP contribution in [0.25, 0.3) is 10.8 Å². The highest BCUT2D eigenvalue weighted by Gasteiger charge is 2.19. The largest absolute Gasteiger partial charge is 0.337 e. The molecule has 1 N–H and O–H groups in total.